The molecule has 4 aliphatic rings. The molecule has 4 aliphatic carbocycles. The number of aromatic nitrogens is 3. The van der Waals surface area contributed by atoms with Crippen molar-refractivity contribution in [2.24, 2.45) is 40.4 Å². The Labute approximate surface area is 217 Å². The van der Waals surface area contributed by atoms with Crippen LogP contribution in [-0.2, 0) is 16.1 Å². The molecule has 8 atom stereocenters. The first-order chi connectivity index (χ1) is 17.6. The highest BCUT2D eigenvalue weighted by Gasteiger charge is 2.63. The van der Waals surface area contributed by atoms with Gasteiger partial charge in [-0.05, 0) is 99.2 Å². The molecule has 0 spiro atoms. The summed E-state index contributed by atoms with van der Waals surface area (Å²) in [6.45, 7) is 5.05. The monoisotopic (exact) mass is 515 g/mol. The number of ether oxygens (including phenoxy) is 1. The van der Waals surface area contributed by atoms with Gasteiger partial charge in [-0.15, -0.1) is 5.10 Å². The summed E-state index contributed by atoms with van der Waals surface area (Å²) < 4.78 is 35.2. The fraction of sp³-hybridized carbons (Fsp3) is 0.759. The van der Waals surface area contributed by atoms with Gasteiger partial charge < -0.3 is 9.84 Å². The lowest BCUT2D eigenvalue weighted by atomic mass is 9.43. The van der Waals surface area contributed by atoms with Crippen LogP contribution in [0.2, 0.25) is 0 Å². The second kappa shape index (κ2) is 8.80. The van der Waals surface area contributed by atoms with Crippen molar-refractivity contribution in [1.82, 2.24) is 15.0 Å². The Hall–Kier alpha value is -1.93. The van der Waals surface area contributed by atoms with Crippen LogP contribution < -0.4 is 0 Å². The normalized spacial score (nSPS) is 41.3. The van der Waals surface area contributed by atoms with Crippen LogP contribution >= 0.6 is 0 Å². The molecule has 4 saturated carbocycles. The predicted molar refractivity (Wildman–Crippen MR) is 134 cm³/mol. The van der Waals surface area contributed by atoms with Gasteiger partial charge >= 0.3 is 0 Å². The van der Waals surface area contributed by atoms with Crippen molar-refractivity contribution in [3.8, 4) is 0 Å². The zero-order valence-corrected chi connectivity index (χ0v) is 22.2. The lowest BCUT2D eigenvalue weighted by molar-refractivity contribution is -0.175. The zero-order valence-electron chi connectivity index (χ0n) is 22.2. The zero-order chi connectivity index (χ0) is 26.2. The van der Waals surface area contributed by atoms with E-state index in [1.165, 1.54) is 10.7 Å². The molecular weight excluding hydrogens is 476 g/mol. The molecule has 0 saturated heterocycles. The molecule has 0 bridgehead atoms. The summed E-state index contributed by atoms with van der Waals surface area (Å²) in [5.74, 6) is 0.664. The van der Waals surface area contributed by atoms with Crippen LogP contribution in [0, 0.1) is 52.1 Å². The number of carbonyl (C=O) groups excluding carboxylic acids is 1. The number of benzene rings is 1. The Morgan fingerprint density at radius 1 is 1.11 bits per heavy atom. The highest BCUT2D eigenvalue weighted by Crippen LogP contribution is 2.68. The smallest absolute Gasteiger partial charge is 0.157 e. The highest BCUT2D eigenvalue weighted by molar-refractivity contribution is 5.84. The third-order valence-electron chi connectivity index (χ3n) is 11.3. The van der Waals surface area contributed by atoms with Crippen LogP contribution in [0.5, 0.6) is 0 Å². The van der Waals surface area contributed by atoms with Gasteiger partial charge in [0.2, 0.25) is 0 Å². The van der Waals surface area contributed by atoms with Crippen molar-refractivity contribution in [3.05, 3.63) is 23.8 Å². The maximum atomic E-state index is 14.1. The molecule has 37 heavy (non-hydrogen) atoms. The summed E-state index contributed by atoms with van der Waals surface area (Å²) in [4.78, 5) is 13.7. The van der Waals surface area contributed by atoms with Gasteiger partial charge in [0.25, 0.3) is 0 Å². The van der Waals surface area contributed by atoms with Gasteiger partial charge in [0.05, 0.1) is 17.7 Å². The summed E-state index contributed by atoms with van der Waals surface area (Å²) in [7, 11) is 1.81. The van der Waals surface area contributed by atoms with Gasteiger partial charge in [-0.25, -0.2) is 13.5 Å². The quantitative estimate of drug-likeness (QED) is 0.584. The van der Waals surface area contributed by atoms with E-state index >= 15 is 0 Å². The minimum atomic E-state index is -0.760. The van der Waals surface area contributed by atoms with Crippen LogP contribution in [0.4, 0.5) is 8.78 Å². The van der Waals surface area contributed by atoms with E-state index in [1.807, 2.05) is 14.0 Å². The van der Waals surface area contributed by atoms with Crippen molar-refractivity contribution in [2.45, 2.75) is 83.8 Å². The first kappa shape index (κ1) is 25.4. The number of Topliss-reactive ketones (excluding diaryl/α,β-unsaturated/α-hetero) is 1. The van der Waals surface area contributed by atoms with E-state index in [9.17, 15) is 18.7 Å². The standard InChI is InChI=1S/C29H39F2N3O3/c1-27(36)10-11-29(16-37-3)17(14-27)4-5-19-20-6-7-22(28(20,2)9-8-21(19)29)25(35)15-34-24-13-18(30)12-23(31)26(24)32-33-34/h12-13,17,19-22,36H,4-11,14-16H2,1-3H3/t17-,19-,20-,21-,22+,27+,28-,29+/m0/s1. The molecular formula is C29H39F2N3O3. The maximum absolute atomic E-state index is 14.1. The predicted octanol–water partition coefficient (Wildman–Crippen LogP) is 5.32. The average Bonchev–Trinajstić information content (AvgIpc) is 3.40. The van der Waals surface area contributed by atoms with Crippen molar-refractivity contribution in [2.75, 3.05) is 13.7 Å². The fourth-order valence-electron chi connectivity index (χ4n) is 9.68. The van der Waals surface area contributed by atoms with Crippen LogP contribution in [0.15, 0.2) is 12.1 Å². The molecule has 6 rings (SSSR count). The molecule has 0 radical (unpaired) electrons. The molecule has 1 N–H and O–H groups in total. The van der Waals surface area contributed by atoms with Crippen LogP contribution in [0.25, 0.3) is 11.0 Å². The number of halogens is 2. The number of fused-ring (bicyclic) bond motifs is 6. The third kappa shape index (κ3) is 3.88. The van der Waals surface area contributed by atoms with Gasteiger partial charge in [-0.1, -0.05) is 12.1 Å². The minimum Gasteiger partial charge on any atom is -0.390 e. The number of ketones is 1. The van der Waals surface area contributed by atoms with Gasteiger partial charge in [-0.3, -0.25) is 4.79 Å². The van der Waals surface area contributed by atoms with Crippen molar-refractivity contribution in [3.63, 3.8) is 0 Å². The van der Waals surface area contributed by atoms with Crippen molar-refractivity contribution >= 4 is 16.8 Å². The molecule has 1 heterocycles. The van der Waals surface area contributed by atoms with Crippen LogP contribution in [0.1, 0.15) is 71.6 Å². The van der Waals surface area contributed by atoms with E-state index in [2.05, 4.69) is 17.2 Å². The SMILES string of the molecule is COC[C@]12CC[C@@](C)(O)C[C@@H]1CC[C@H]1[C@@H]3CC[C@H](C(=O)Cn4nnc5c(F)cc(F)cc54)[C@@]3(C)CC[C@@H]12. The average molecular weight is 516 g/mol. The molecule has 0 unspecified atom stereocenters. The topological polar surface area (TPSA) is 77.2 Å². The number of nitrogens with zero attached hydrogens (tertiary/aromatic N) is 3. The van der Waals surface area contributed by atoms with Gasteiger partial charge in [0, 0.05) is 25.2 Å². The molecule has 202 valence electrons. The van der Waals surface area contributed by atoms with E-state index in [0.29, 0.717) is 23.7 Å². The number of hydrogen-bond acceptors (Lipinski definition) is 5. The number of hydrogen-bond donors (Lipinski definition) is 1. The van der Waals surface area contributed by atoms with E-state index in [0.717, 1.165) is 70.5 Å². The Morgan fingerprint density at radius 3 is 2.70 bits per heavy atom. The second-order valence-electron chi connectivity index (χ2n) is 13.2. The van der Waals surface area contributed by atoms with Gasteiger partial charge in [0.1, 0.15) is 17.9 Å². The largest absolute Gasteiger partial charge is 0.390 e. The molecule has 8 heteroatoms. The molecule has 2 aromatic rings. The molecule has 1 aromatic heterocycles. The fourth-order valence-corrected chi connectivity index (χ4v) is 9.68. The van der Waals surface area contributed by atoms with E-state index in [4.69, 9.17) is 4.74 Å². The van der Waals surface area contributed by atoms with E-state index in [1.54, 1.807) is 0 Å². The second-order valence-corrected chi connectivity index (χ2v) is 13.2. The Bertz CT molecular complexity index is 1210. The van der Waals surface area contributed by atoms with Crippen LogP contribution in [-0.4, -0.2) is 45.2 Å². The van der Waals surface area contributed by atoms with E-state index in [-0.39, 0.29) is 40.1 Å². The first-order valence-electron chi connectivity index (χ1n) is 14.0. The molecule has 0 aliphatic heterocycles. The summed E-state index contributed by atoms with van der Waals surface area (Å²) in [6, 6.07) is 1.99. The summed E-state index contributed by atoms with van der Waals surface area (Å²) >= 11 is 0. The minimum absolute atomic E-state index is 0.00289. The van der Waals surface area contributed by atoms with Gasteiger partial charge in [0.15, 0.2) is 11.6 Å². The molecule has 4 fully saturated rings. The number of carbonyl (C=O) groups is 1. The lowest BCUT2D eigenvalue weighted by Gasteiger charge is -2.62. The Morgan fingerprint density at radius 2 is 1.92 bits per heavy atom. The van der Waals surface area contributed by atoms with E-state index < -0.39 is 17.2 Å². The first-order valence-corrected chi connectivity index (χ1v) is 14.0. The van der Waals surface area contributed by atoms with Gasteiger partial charge in [-0.2, -0.15) is 0 Å². The summed E-state index contributed by atoms with van der Waals surface area (Å²) in [5.41, 5.74) is -0.317. The maximum Gasteiger partial charge on any atom is 0.157 e. The summed E-state index contributed by atoms with van der Waals surface area (Å²) in [6.07, 6.45) is 8.96. The number of rotatable bonds is 5. The summed E-state index contributed by atoms with van der Waals surface area (Å²) in [5, 5.41) is 18.7. The number of methoxy groups -OCH3 is 1. The Balaban J connectivity index is 1.24. The highest BCUT2D eigenvalue weighted by atomic mass is 19.1. The number of aliphatic hydroxyl groups is 1. The van der Waals surface area contributed by atoms with Crippen molar-refractivity contribution < 1.29 is 23.4 Å². The Kier molecular flexibility index (Phi) is 6.03. The van der Waals surface area contributed by atoms with Crippen LogP contribution in [0.3, 0.4) is 0 Å². The lowest BCUT2D eigenvalue weighted by Crippen LogP contribution is -2.58. The third-order valence-corrected chi connectivity index (χ3v) is 11.3. The van der Waals surface area contributed by atoms with Crippen molar-refractivity contribution in [1.29, 1.82) is 0 Å². The molecule has 0 amide bonds. The molecule has 6 nitrogen and oxygen atoms in total. The molecule has 1 aromatic carbocycles.